The van der Waals surface area contributed by atoms with Gasteiger partial charge in [0, 0.05) is 4.88 Å². The molecule has 2 aromatic rings. The van der Waals surface area contributed by atoms with E-state index in [1.807, 2.05) is 19.1 Å². The summed E-state index contributed by atoms with van der Waals surface area (Å²) in [6.45, 7) is 1.96. The highest BCUT2D eigenvalue weighted by Crippen LogP contribution is 2.27. The lowest BCUT2D eigenvalue weighted by molar-refractivity contribution is 0.281. The summed E-state index contributed by atoms with van der Waals surface area (Å²) in [5.41, 5.74) is 0.832. The van der Waals surface area contributed by atoms with Crippen molar-refractivity contribution in [2.75, 3.05) is 0 Å². The average Bonchev–Trinajstić information content (AvgIpc) is 2.72. The summed E-state index contributed by atoms with van der Waals surface area (Å²) in [7, 11) is 0. The highest BCUT2D eigenvalue weighted by molar-refractivity contribution is 7.12. The summed E-state index contributed by atoms with van der Waals surface area (Å²) >= 11 is 1.49. The molecule has 0 aliphatic carbocycles. The van der Waals surface area contributed by atoms with Gasteiger partial charge in [-0.25, -0.2) is 4.98 Å². The van der Waals surface area contributed by atoms with Crippen LogP contribution in [0.4, 0.5) is 0 Å². The first-order valence-corrected chi connectivity index (χ1v) is 4.74. The molecule has 0 atom stereocenters. The van der Waals surface area contributed by atoms with Gasteiger partial charge in [-0.1, -0.05) is 0 Å². The molecule has 0 saturated heterocycles. The van der Waals surface area contributed by atoms with E-state index in [0.29, 0.717) is 0 Å². The molecule has 0 fully saturated rings. The van der Waals surface area contributed by atoms with Gasteiger partial charge in [-0.05, 0) is 19.1 Å². The van der Waals surface area contributed by atoms with Crippen LogP contribution < -0.4 is 0 Å². The fraction of sp³-hybridized carbons (Fsp3) is 0.222. The molecule has 2 rings (SSSR count). The van der Waals surface area contributed by atoms with E-state index in [-0.39, 0.29) is 6.61 Å². The molecule has 0 aromatic carbocycles. The van der Waals surface area contributed by atoms with Gasteiger partial charge in [0.25, 0.3) is 0 Å². The van der Waals surface area contributed by atoms with E-state index in [9.17, 15) is 0 Å². The predicted octanol–water partition coefficient (Wildman–Crippen LogP) is 2.20. The Morgan fingerprint density at radius 2 is 2.46 bits per heavy atom. The first-order valence-electron chi connectivity index (χ1n) is 3.92. The Bertz CT molecular complexity index is 392. The van der Waals surface area contributed by atoms with Gasteiger partial charge in [0.2, 0.25) is 0 Å². The van der Waals surface area contributed by atoms with Crippen LogP contribution in [0.1, 0.15) is 9.88 Å². The second-order valence-electron chi connectivity index (χ2n) is 2.65. The van der Waals surface area contributed by atoms with Crippen molar-refractivity contribution in [3.8, 4) is 11.5 Å². The van der Waals surface area contributed by atoms with Gasteiger partial charge in [-0.2, -0.15) is 0 Å². The lowest BCUT2D eigenvalue weighted by Gasteiger charge is -1.89. The van der Waals surface area contributed by atoms with E-state index < -0.39 is 0 Å². The van der Waals surface area contributed by atoms with Crippen molar-refractivity contribution >= 4 is 11.3 Å². The number of aryl methyl sites for hydroxylation is 1. The smallest absolute Gasteiger partial charge is 0.153 e. The van der Waals surface area contributed by atoms with E-state index in [2.05, 4.69) is 4.98 Å². The van der Waals surface area contributed by atoms with Gasteiger partial charge >= 0.3 is 0 Å². The lowest BCUT2D eigenvalue weighted by Crippen LogP contribution is -1.80. The molecule has 3 nitrogen and oxygen atoms in total. The van der Waals surface area contributed by atoms with E-state index in [4.69, 9.17) is 9.52 Å². The number of aliphatic hydroxyl groups is 1. The maximum Gasteiger partial charge on any atom is 0.153 e. The van der Waals surface area contributed by atoms with Gasteiger partial charge in [-0.15, -0.1) is 11.3 Å². The molecule has 0 aliphatic rings. The fourth-order valence-electron chi connectivity index (χ4n) is 1.16. The Kier molecular flexibility index (Phi) is 2.16. The number of thiazole rings is 1. The van der Waals surface area contributed by atoms with Crippen molar-refractivity contribution in [2.45, 2.75) is 13.5 Å². The summed E-state index contributed by atoms with van der Waals surface area (Å²) in [5, 5.41) is 9.62. The minimum Gasteiger partial charge on any atom is -0.463 e. The van der Waals surface area contributed by atoms with E-state index >= 15 is 0 Å². The Morgan fingerprint density at radius 3 is 3.00 bits per heavy atom. The Morgan fingerprint density at radius 1 is 1.62 bits per heavy atom. The summed E-state index contributed by atoms with van der Waals surface area (Å²) in [5.74, 6) is 0.758. The molecule has 68 valence electrons. The number of furan rings is 1. The molecular weight excluding hydrogens is 186 g/mol. The Labute approximate surface area is 79.7 Å². The van der Waals surface area contributed by atoms with E-state index in [1.165, 1.54) is 11.3 Å². The SMILES string of the molecule is Cc1sc(CO)nc1-c1ccco1. The second kappa shape index (κ2) is 3.32. The van der Waals surface area contributed by atoms with Crippen LogP contribution in [0.5, 0.6) is 0 Å². The molecule has 4 heteroatoms. The van der Waals surface area contributed by atoms with Crippen molar-refractivity contribution in [2.24, 2.45) is 0 Å². The van der Waals surface area contributed by atoms with Crippen LogP contribution in [-0.2, 0) is 6.61 Å². The third kappa shape index (κ3) is 1.50. The topological polar surface area (TPSA) is 46.3 Å². The third-order valence-electron chi connectivity index (χ3n) is 1.73. The first kappa shape index (κ1) is 8.47. The minimum atomic E-state index is -0.00772. The predicted molar refractivity (Wildman–Crippen MR) is 50.5 cm³/mol. The fourth-order valence-corrected chi connectivity index (χ4v) is 1.96. The van der Waals surface area contributed by atoms with Gasteiger partial charge in [0.15, 0.2) is 5.76 Å². The molecule has 1 N–H and O–H groups in total. The van der Waals surface area contributed by atoms with Crippen LogP contribution >= 0.6 is 11.3 Å². The third-order valence-corrected chi connectivity index (χ3v) is 2.69. The normalized spacial score (nSPS) is 10.6. The van der Waals surface area contributed by atoms with Gasteiger partial charge < -0.3 is 9.52 Å². The average molecular weight is 195 g/mol. The Balaban J connectivity index is 2.46. The zero-order chi connectivity index (χ0) is 9.26. The largest absolute Gasteiger partial charge is 0.463 e. The number of rotatable bonds is 2. The van der Waals surface area contributed by atoms with Gasteiger partial charge in [0.05, 0.1) is 12.9 Å². The van der Waals surface area contributed by atoms with Crippen molar-refractivity contribution in [3.05, 3.63) is 28.3 Å². The number of aromatic nitrogens is 1. The molecule has 0 bridgehead atoms. The molecule has 2 aromatic heterocycles. The number of hydrogen-bond acceptors (Lipinski definition) is 4. The molecule has 0 unspecified atom stereocenters. The van der Waals surface area contributed by atoms with Crippen molar-refractivity contribution in [1.82, 2.24) is 4.98 Å². The van der Waals surface area contributed by atoms with Crippen LogP contribution in [0, 0.1) is 6.92 Å². The number of aliphatic hydroxyl groups excluding tert-OH is 1. The molecule has 0 saturated carbocycles. The maximum atomic E-state index is 8.89. The molecule has 0 spiro atoms. The van der Waals surface area contributed by atoms with Gasteiger partial charge in [0.1, 0.15) is 10.7 Å². The summed E-state index contributed by atoms with van der Waals surface area (Å²) < 4.78 is 5.22. The summed E-state index contributed by atoms with van der Waals surface area (Å²) in [6.07, 6.45) is 1.62. The monoisotopic (exact) mass is 195 g/mol. The Hall–Kier alpha value is -1.13. The second-order valence-corrected chi connectivity index (χ2v) is 3.94. The molecule has 2 heterocycles. The van der Waals surface area contributed by atoms with Crippen LogP contribution in [0.15, 0.2) is 22.8 Å². The molecular formula is C9H9NO2S. The minimum absolute atomic E-state index is 0.00772. The molecule has 13 heavy (non-hydrogen) atoms. The standard InChI is InChI=1S/C9H9NO2S/c1-6-9(7-3-2-4-12-7)10-8(5-11)13-6/h2-4,11H,5H2,1H3. The summed E-state index contributed by atoms with van der Waals surface area (Å²) in [6, 6.07) is 3.69. The highest BCUT2D eigenvalue weighted by Gasteiger charge is 2.10. The van der Waals surface area contributed by atoms with Gasteiger partial charge in [-0.3, -0.25) is 0 Å². The van der Waals surface area contributed by atoms with Crippen LogP contribution in [-0.4, -0.2) is 10.1 Å². The quantitative estimate of drug-likeness (QED) is 0.799. The van der Waals surface area contributed by atoms with E-state index in [1.54, 1.807) is 6.26 Å². The van der Waals surface area contributed by atoms with Crippen LogP contribution in [0.25, 0.3) is 11.5 Å². The van der Waals surface area contributed by atoms with Crippen LogP contribution in [0.3, 0.4) is 0 Å². The highest BCUT2D eigenvalue weighted by atomic mass is 32.1. The van der Waals surface area contributed by atoms with Crippen LogP contribution in [0.2, 0.25) is 0 Å². The van der Waals surface area contributed by atoms with Crippen molar-refractivity contribution < 1.29 is 9.52 Å². The zero-order valence-electron chi connectivity index (χ0n) is 7.15. The summed E-state index contributed by atoms with van der Waals surface area (Å²) in [4.78, 5) is 5.31. The number of nitrogens with zero attached hydrogens (tertiary/aromatic N) is 1. The first-order chi connectivity index (χ1) is 6.31. The maximum absolute atomic E-state index is 8.89. The molecule has 0 amide bonds. The number of hydrogen-bond donors (Lipinski definition) is 1. The lowest BCUT2D eigenvalue weighted by atomic mass is 10.3. The van der Waals surface area contributed by atoms with Crippen molar-refractivity contribution in [1.29, 1.82) is 0 Å². The van der Waals surface area contributed by atoms with Crippen molar-refractivity contribution in [3.63, 3.8) is 0 Å². The molecule has 0 aliphatic heterocycles. The van der Waals surface area contributed by atoms with E-state index in [0.717, 1.165) is 21.3 Å². The zero-order valence-corrected chi connectivity index (χ0v) is 7.97. The molecule has 0 radical (unpaired) electrons.